The van der Waals surface area contributed by atoms with Crippen LogP contribution in [-0.4, -0.2) is 19.0 Å². The van der Waals surface area contributed by atoms with Crippen LogP contribution >= 0.6 is 0 Å². The first-order chi connectivity index (χ1) is 9.34. The number of rotatable bonds is 2. The van der Waals surface area contributed by atoms with E-state index in [0.29, 0.717) is 6.54 Å². The lowest BCUT2D eigenvalue weighted by Crippen LogP contribution is -2.29. The summed E-state index contributed by atoms with van der Waals surface area (Å²) in [6, 6.07) is 18.1. The van der Waals surface area contributed by atoms with Gasteiger partial charge in [0.05, 0.1) is 5.56 Å². The lowest BCUT2D eigenvalue weighted by Gasteiger charge is -2.24. The highest BCUT2D eigenvalue weighted by molar-refractivity contribution is 6.00. The molecule has 1 heterocycles. The minimum Gasteiger partial charge on any atom is -0.365 e. The summed E-state index contributed by atoms with van der Waals surface area (Å²) >= 11 is 0. The van der Waals surface area contributed by atoms with E-state index >= 15 is 0 Å². The molecule has 96 valence electrons. The van der Waals surface area contributed by atoms with Crippen LogP contribution < -0.4 is 10.2 Å². The van der Waals surface area contributed by atoms with Crippen molar-refractivity contribution in [2.24, 2.45) is 0 Å². The summed E-state index contributed by atoms with van der Waals surface area (Å²) in [5.74, 6) is 0.0196. The van der Waals surface area contributed by atoms with Crippen LogP contribution in [0.15, 0.2) is 54.6 Å². The third-order valence-electron chi connectivity index (χ3n) is 3.37. The number of amides is 1. The predicted octanol–water partition coefficient (Wildman–Crippen LogP) is 2.44. The van der Waals surface area contributed by atoms with E-state index in [0.717, 1.165) is 24.3 Å². The maximum atomic E-state index is 12.0. The van der Waals surface area contributed by atoms with Gasteiger partial charge in [-0.1, -0.05) is 42.5 Å². The minimum absolute atomic E-state index is 0.0196. The average Bonchev–Trinajstić information content (AvgIpc) is 2.61. The van der Waals surface area contributed by atoms with Gasteiger partial charge < -0.3 is 10.2 Å². The molecule has 0 saturated carbocycles. The number of hydrogen-bond donors (Lipinski definition) is 1. The Morgan fingerprint density at radius 1 is 1.00 bits per heavy atom. The van der Waals surface area contributed by atoms with Crippen molar-refractivity contribution in [2.75, 3.05) is 18.0 Å². The molecule has 1 aliphatic rings. The summed E-state index contributed by atoms with van der Waals surface area (Å²) in [6.07, 6.45) is 0. The van der Waals surface area contributed by atoms with Crippen LogP contribution in [-0.2, 0) is 6.54 Å². The molecule has 3 heteroatoms. The smallest absolute Gasteiger partial charge is 0.253 e. The Bertz CT molecular complexity index is 580. The molecule has 1 amide bonds. The van der Waals surface area contributed by atoms with E-state index in [1.807, 2.05) is 42.5 Å². The predicted molar refractivity (Wildman–Crippen MR) is 76.3 cm³/mol. The van der Waals surface area contributed by atoms with Crippen molar-refractivity contribution in [1.82, 2.24) is 5.32 Å². The van der Waals surface area contributed by atoms with Gasteiger partial charge in [0, 0.05) is 25.3 Å². The molecule has 0 fully saturated rings. The normalized spacial score (nSPS) is 14.5. The highest BCUT2D eigenvalue weighted by Gasteiger charge is 2.19. The molecule has 3 rings (SSSR count). The van der Waals surface area contributed by atoms with Crippen molar-refractivity contribution in [3.63, 3.8) is 0 Å². The molecular weight excluding hydrogens is 236 g/mol. The second kappa shape index (κ2) is 5.14. The first-order valence-corrected chi connectivity index (χ1v) is 6.51. The monoisotopic (exact) mass is 252 g/mol. The van der Waals surface area contributed by atoms with E-state index in [9.17, 15) is 4.79 Å². The lowest BCUT2D eigenvalue weighted by atomic mass is 10.1. The van der Waals surface area contributed by atoms with Gasteiger partial charge in [0.25, 0.3) is 5.91 Å². The molecule has 1 N–H and O–H groups in total. The van der Waals surface area contributed by atoms with Crippen molar-refractivity contribution in [3.05, 3.63) is 65.7 Å². The van der Waals surface area contributed by atoms with Gasteiger partial charge in [-0.3, -0.25) is 4.79 Å². The maximum absolute atomic E-state index is 12.0. The standard InChI is InChI=1S/C16H16N2O/c19-16-14-8-4-5-9-15(14)18(11-10-17-16)12-13-6-2-1-3-7-13/h1-9H,10-12H2,(H,17,19). The number of para-hydroxylation sites is 1. The topological polar surface area (TPSA) is 32.3 Å². The first kappa shape index (κ1) is 11.8. The number of carbonyl (C=O) groups excluding carboxylic acids is 1. The fourth-order valence-electron chi connectivity index (χ4n) is 2.43. The molecule has 0 aromatic heterocycles. The Hall–Kier alpha value is -2.29. The zero-order valence-corrected chi connectivity index (χ0v) is 10.7. The SMILES string of the molecule is O=C1NCCN(Cc2ccccc2)c2ccccc21. The van der Waals surface area contributed by atoms with Crippen molar-refractivity contribution in [2.45, 2.75) is 6.54 Å². The van der Waals surface area contributed by atoms with E-state index in [1.54, 1.807) is 0 Å². The summed E-state index contributed by atoms with van der Waals surface area (Å²) in [7, 11) is 0. The Morgan fingerprint density at radius 2 is 1.74 bits per heavy atom. The number of hydrogen-bond acceptors (Lipinski definition) is 2. The molecule has 0 saturated heterocycles. The van der Waals surface area contributed by atoms with Gasteiger partial charge in [0.15, 0.2) is 0 Å². The van der Waals surface area contributed by atoms with Crippen LogP contribution in [0, 0.1) is 0 Å². The number of anilines is 1. The van der Waals surface area contributed by atoms with E-state index < -0.39 is 0 Å². The zero-order chi connectivity index (χ0) is 13.1. The summed E-state index contributed by atoms with van der Waals surface area (Å²) in [5.41, 5.74) is 3.03. The second-order valence-corrected chi connectivity index (χ2v) is 4.68. The summed E-state index contributed by atoms with van der Waals surface area (Å²) in [4.78, 5) is 14.2. The highest BCUT2D eigenvalue weighted by Crippen LogP contribution is 2.23. The molecule has 0 bridgehead atoms. The third-order valence-corrected chi connectivity index (χ3v) is 3.37. The molecule has 0 unspecified atom stereocenters. The van der Waals surface area contributed by atoms with Gasteiger partial charge in [-0.15, -0.1) is 0 Å². The van der Waals surface area contributed by atoms with Gasteiger partial charge in [0.1, 0.15) is 0 Å². The Kier molecular flexibility index (Phi) is 3.19. The Balaban J connectivity index is 1.93. The second-order valence-electron chi connectivity index (χ2n) is 4.68. The van der Waals surface area contributed by atoms with Crippen LogP contribution in [0.2, 0.25) is 0 Å². The fraction of sp³-hybridized carbons (Fsp3) is 0.188. The van der Waals surface area contributed by atoms with Gasteiger partial charge in [-0.2, -0.15) is 0 Å². The van der Waals surface area contributed by atoms with Crippen LogP contribution in [0.25, 0.3) is 0 Å². The molecular formula is C16H16N2O. The molecule has 19 heavy (non-hydrogen) atoms. The fourth-order valence-corrected chi connectivity index (χ4v) is 2.43. The van der Waals surface area contributed by atoms with Crippen LogP contribution in [0.3, 0.4) is 0 Å². The minimum atomic E-state index is 0.0196. The first-order valence-electron chi connectivity index (χ1n) is 6.51. The van der Waals surface area contributed by atoms with E-state index in [-0.39, 0.29) is 5.91 Å². The Labute approximate surface area is 112 Å². The van der Waals surface area contributed by atoms with Crippen LogP contribution in [0.4, 0.5) is 5.69 Å². The maximum Gasteiger partial charge on any atom is 0.253 e. The number of nitrogens with one attached hydrogen (secondary N) is 1. The molecule has 2 aromatic carbocycles. The molecule has 2 aromatic rings. The van der Waals surface area contributed by atoms with Gasteiger partial charge in [-0.25, -0.2) is 0 Å². The molecule has 1 aliphatic heterocycles. The van der Waals surface area contributed by atoms with Gasteiger partial charge in [0.2, 0.25) is 0 Å². The largest absolute Gasteiger partial charge is 0.365 e. The average molecular weight is 252 g/mol. The molecule has 0 spiro atoms. The quantitative estimate of drug-likeness (QED) is 0.890. The van der Waals surface area contributed by atoms with Gasteiger partial charge in [-0.05, 0) is 17.7 Å². The van der Waals surface area contributed by atoms with E-state index in [1.165, 1.54) is 5.56 Å². The number of benzene rings is 2. The summed E-state index contributed by atoms with van der Waals surface area (Å²) in [6.45, 7) is 2.34. The molecule has 0 radical (unpaired) electrons. The van der Waals surface area contributed by atoms with Crippen molar-refractivity contribution in [1.29, 1.82) is 0 Å². The number of fused-ring (bicyclic) bond motifs is 1. The summed E-state index contributed by atoms with van der Waals surface area (Å²) < 4.78 is 0. The van der Waals surface area contributed by atoms with E-state index in [4.69, 9.17) is 0 Å². The molecule has 3 nitrogen and oxygen atoms in total. The van der Waals surface area contributed by atoms with Crippen molar-refractivity contribution >= 4 is 11.6 Å². The number of carbonyl (C=O) groups is 1. The Morgan fingerprint density at radius 3 is 2.58 bits per heavy atom. The van der Waals surface area contributed by atoms with Gasteiger partial charge >= 0.3 is 0 Å². The number of nitrogens with zero attached hydrogens (tertiary/aromatic N) is 1. The third kappa shape index (κ3) is 2.45. The zero-order valence-electron chi connectivity index (χ0n) is 10.7. The molecule has 0 atom stereocenters. The van der Waals surface area contributed by atoms with Crippen LogP contribution in [0.5, 0.6) is 0 Å². The van der Waals surface area contributed by atoms with E-state index in [2.05, 4.69) is 22.3 Å². The van der Waals surface area contributed by atoms with Crippen molar-refractivity contribution < 1.29 is 4.79 Å². The van der Waals surface area contributed by atoms with Crippen LogP contribution in [0.1, 0.15) is 15.9 Å². The summed E-state index contributed by atoms with van der Waals surface area (Å²) in [5, 5.41) is 2.94. The molecule has 0 aliphatic carbocycles. The highest BCUT2D eigenvalue weighted by atomic mass is 16.1. The van der Waals surface area contributed by atoms with Crippen molar-refractivity contribution in [3.8, 4) is 0 Å². The lowest BCUT2D eigenvalue weighted by molar-refractivity contribution is 0.0958.